The number of halogens is 1. The molecule has 162 valence electrons. The first-order chi connectivity index (χ1) is 14.0. The molecule has 0 aliphatic carbocycles. The van der Waals surface area contributed by atoms with Crippen molar-refractivity contribution in [3.05, 3.63) is 52.7 Å². The van der Waals surface area contributed by atoms with Crippen molar-refractivity contribution in [2.45, 2.75) is 37.7 Å². The van der Waals surface area contributed by atoms with Crippen LogP contribution in [0, 0.1) is 5.82 Å². The van der Waals surface area contributed by atoms with Gasteiger partial charge in [0.15, 0.2) is 15.6 Å². The van der Waals surface area contributed by atoms with Crippen LogP contribution in [0.5, 0.6) is 5.75 Å². The van der Waals surface area contributed by atoms with Crippen LogP contribution >= 0.6 is 0 Å². The number of carbonyl (C=O) groups excluding carboxylic acids is 1. The number of rotatable bonds is 8. The molecule has 1 saturated heterocycles. The first kappa shape index (κ1) is 22.2. The molecule has 0 unspecified atom stereocenters. The molecular weight excluding hydrogens is 413 g/mol. The fourth-order valence-electron chi connectivity index (χ4n) is 3.09. The second-order valence-corrected chi connectivity index (χ2v) is 10.1. The number of hydrogen-bond acceptors (Lipinski definition) is 6. The van der Waals surface area contributed by atoms with E-state index in [1.807, 2.05) is 0 Å². The number of benzene rings is 1. The quantitative estimate of drug-likeness (QED) is 0.629. The third-order valence-electron chi connectivity index (χ3n) is 5.55. The van der Waals surface area contributed by atoms with E-state index in [0.717, 1.165) is 23.1 Å². The van der Waals surface area contributed by atoms with Gasteiger partial charge in [-0.15, -0.1) is 0 Å². The van der Waals surface area contributed by atoms with Gasteiger partial charge in [0.25, 0.3) is 5.56 Å². The van der Waals surface area contributed by atoms with Crippen LogP contribution in [0.15, 0.2) is 41.3 Å². The van der Waals surface area contributed by atoms with Gasteiger partial charge < -0.3 is 14.0 Å². The lowest BCUT2D eigenvalue weighted by Gasteiger charge is -2.26. The lowest BCUT2D eigenvalue weighted by atomic mass is 10.0. The van der Waals surface area contributed by atoms with E-state index in [9.17, 15) is 22.4 Å². The van der Waals surface area contributed by atoms with E-state index < -0.39 is 31.7 Å². The Balaban J connectivity index is 1.80. The van der Waals surface area contributed by atoms with Gasteiger partial charge in [-0.1, -0.05) is 12.1 Å². The third kappa shape index (κ3) is 4.46. The first-order valence-electron chi connectivity index (χ1n) is 9.47. The zero-order valence-electron chi connectivity index (χ0n) is 17.1. The van der Waals surface area contributed by atoms with Gasteiger partial charge in [-0.2, -0.15) is 0 Å². The highest BCUT2D eigenvalue weighted by Gasteiger charge is 2.40. The number of hydrogen-bond donors (Lipinski definition) is 0. The van der Waals surface area contributed by atoms with E-state index >= 15 is 0 Å². The van der Waals surface area contributed by atoms with Crippen LogP contribution in [0.2, 0.25) is 0 Å². The van der Waals surface area contributed by atoms with Gasteiger partial charge in [-0.05, 0) is 38.0 Å². The maximum atomic E-state index is 14.7. The summed E-state index contributed by atoms with van der Waals surface area (Å²) in [6.07, 6.45) is 1.91. The molecule has 7 nitrogen and oxygen atoms in total. The smallest absolute Gasteiger partial charge is 0.251 e. The highest BCUT2D eigenvalue weighted by Crippen LogP contribution is 2.26. The van der Waals surface area contributed by atoms with E-state index in [0.29, 0.717) is 24.5 Å². The minimum absolute atomic E-state index is 0.0177. The Kier molecular flexibility index (Phi) is 6.14. The van der Waals surface area contributed by atoms with Crippen LogP contribution in [0.4, 0.5) is 4.39 Å². The summed E-state index contributed by atoms with van der Waals surface area (Å²) in [6.45, 7) is 3.49. The maximum Gasteiger partial charge on any atom is 0.251 e. The molecule has 30 heavy (non-hydrogen) atoms. The summed E-state index contributed by atoms with van der Waals surface area (Å²) in [6, 6.07) is 7.88. The summed E-state index contributed by atoms with van der Waals surface area (Å²) in [5.74, 6) is -0.518. The summed E-state index contributed by atoms with van der Waals surface area (Å²) in [5.41, 5.74) is 0.156. The van der Waals surface area contributed by atoms with Crippen LogP contribution in [-0.4, -0.2) is 49.1 Å². The molecule has 1 aliphatic rings. The summed E-state index contributed by atoms with van der Waals surface area (Å²) in [5, 5.41) is 0. The molecule has 3 rings (SSSR count). The molecule has 0 bridgehead atoms. The number of Topliss-reactive ketones (excluding diaryl/α,β-unsaturated/α-hetero) is 1. The minimum Gasteiger partial charge on any atom is -0.486 e. The molecule has 9 heteroatoms. The molecule has 0 amide bonds. The van der Waals surface area contributed by atoms with Gasteiger partial charge in [0.2, 0.25) is 0 Å². The summed E-state index contributed by atoms with van der Waals surface area (Å²) >= 11 is 0. The normalized spacial score (nSPS) is 16.5. The standard InChI is InChI=1S/C21H24FNO6S/c1-14(24)21(2,30(3,26)27)8-9-23-11-19(22)18(10-20(23)25)15-4-6-16(7-5-15)29-17-12-28-13-17/h4-7,10-11,17H,8-9,12-13H2,1-3H3/t21-/m1/s1. The Labute approximate surface area is 174 Å². The van der Waals surface area contributed by atoms with E-state index in [1.54, 1.807) is 24.3 Å². The van der Waals surface area contributed by atoms with Gasteiger partial charge in [-0.3, -0.25) is 9.59 Å². The number of ketones is 1. The molecule has 1 atom stereocenters. The van der Waals surface area contributed by atoms with Gasteiger partial charge in [0.1, 0.15) is 22.4 Å². The fraction of sp³-hybridized carbons (Fsp3) is 0.429. The lowest BCUT2D eigenvalue weighted by molar-refractivity contribution is -0.119. The van der Waals surface area contributed by atoms with Gasteiger partial charge in [0.05, 0.1) is 13.2 Å². The van der Waals surface area contributed by atoms with Crippen LogP contribution in [0.25, 0.3) is 11.1 Å². The van der Waals surface area contributed by atoms with Crippen LogP contribution in [-0.2, 0) is 25.9 Å². The molecule has 0 radical (unpaired) electrons. The Morgan fingerprint density at radius 3 is 2.43 bits per heavy atom. The molecule has 1 aliphatic heterocycles. The second-order valence-electron chi connectivity index (χ2n) is 7.68. The topological polar surface area (TPSA) is 91.7 Å². The number of aryl methyl sites for hydroxylation is 1. The summed E-state index contributed by atoms with van der Waals surface area (Å²) in [7, 11) is -3.70. The SMILES string of the molecule is CC(=O)[C@@](C)(CCn1cc(F)c(-c2ccc(OC3COC3)cc2)cc1=O)S(C)(=O)=O. The minimum atomic E-state index is -3.70. The summed E-state index contributed by atoms with van der Waals surface area (Å²) < 4.78 is 48.9. The average molecular weight is 437 g/mol. The van der Waals surface area contributed by atoms with Gasteiger partial charge in [0, 0.05) is 30.6 Å². The van der Waals surface area contributed by atoms with Crippen molar-refractivity contribution < 1.29 is 27.1 Å². The van der Waals surface area contributed by atoms with E-state index in [-0.39, 0.29) is 24.6 Å². The number of ether oxygens (including phenoxy) is 2. The lowest BCUT2D eigenvalue weighted by Crippen LogP contribution is -2.43. The van der Waals surface area contributed by atoms with Crippen LogP contribution in [0.3, 0.4) is 0 Å². The van der Waals surface area contributed by atoms with Gasteiger partial charge in [-0.25, -0.2) is 12.8 Å². The predicted molar refractivity (Wildman–Crippen MR) is 110 cm³/mol. The number of pyridine rings is 1. The Morgan fingerprint density at radius 2 is 1.93 bits per heavy atom. The van der Waals surface area contributed by atoms with E-state index in [2.05, 4.69) is 0 Å². The zero-order valence-corrected chi connectivity index (χ0v) is 17.9. The van der Waals surface area contributed by atoms with Crippen molar-refractivity contribution in [3.8, 4) is 16.9 Å². The average Bonchev–Trinajstić information content (AvgIpc) is 2.64. The molecule has 0 saturated carbocycles. The largest absolute Gasteiger partial charge is 0.486 e. The Morgan fingerprint density at radius 1 is 1.30 bits per heavy atom. The van der Waals surface area contributed by atoms with Crippen LogP contribution < -0.4 is 10.3 Å². The Hall–Kier alpha value is -2.52. The number of aromatic nitrogens is 1. The highest BCUT2D eigenvalue weighted by molar-refractivity contribution is 7.92. The number of nitrogens with zero attached hydrogens (tertiary/aromatic N) is 1. The molecule has 1 fully saturated rings. The first-order valence-corrected chi connectivity index (χ1v) is 11.4. The molecule has 0 N–H and O–H groups in total. The number of carbonyl (C=O) groups is 1. The van der Waals surface area contributed by atoms with Crippen molar-refractivity contribution in [2.24, 2.45) is 0 Å². The van der Waals surface area contributed by atoms with Crippen LogP contribution in [0.1, 0.15) is 20.3 Å². The van der Waals surface area contributed by atoms with Crippen molar-refractivity contribution in [1.82, 2.24) is 4.57 Å². The third-order valence-corrected chi connectivity index (χ3v) is 7.67. The van der Waals surface area contributed by atoms with Gasteiger partial charge >= 0.3 is 0 Å². The number of sulfone groups is 1. The summed E-state index contributed by atoms with van der Waals surface area (Å²) in [4.78, 5) is 24.4. The van der Waals surface area contributed by atoms with Crippen molar-refractivity contribution in [1.29, 1.82) is 0 Å². The van der Waals surface area contributed by atoms with Crippen molar-refractivity contribution in [2.75, 3.05) is 19.5 Å². The second kappa shape index (κ2) is 8.31. The molecule has 2 heterocycles. The van der Waals surface area contributed by atoms with E-state index in [1.165, 1.54) is 13.8 Å². The molecular formula is C21H24FNO6S. The highest BCUT2D eigenvalue weighted by atomic mass is 32.2. The molecule has 2 aromatic rings. The Bertz CT molecular complexity index is 1110. The monoisotopic (exact) mass is 437 g/mol. The predicted octanol–water partition coefficient (Wildman–Crippen LogP) is 2.21. The van der Waals surface area contributed by atoms with Crippen molar-refractivity contribution >= 4 is 15.6 Å². The molecule has 0 spiro atoms. The van der Waals surface area contributed by atoms with E-state index in [4.69, 9.17) is 9.47 Å². The molecule has 1 aromatic carbocycles. The van der Waals surface area contributed by atoms with Crippen molar-refractivity contribution in [3.63, 3.8) is 0 Å². The molecule has 1 aromatic heterocycles. The maximum absolute atomic E-state index is 14.7. The fourth-order valence-corrected chi connectivity index (χ4v) is 4.07. The zero-order chi connectivity index (χ0) is 22.1.